The first-order valence-corrected chi connectivity index (χ1v) is 6.27. The highest BCUT2D eigenvalue weighted by Gasteiger charge is 2.11. The van der Waals surface area contributed by atoms with Gasteiger partial charge in [0.05, 0.1) is 29.1 Å². The molecule has 1 aromatic heterocycles. The Morgan fingerprint density at radius 2 is 2.10 bits per heavy atom. The molecule has 0 saturated carbocycles. The first-order valence-electron chi connectivity index (χ1n) is 5.89. The molecule has 1 aromatic carbocycles. The van der Waals surface area contributed by atoms with Crippen LogP contribution in [0.25, 0.3) is 0 Å². The highest BCUT2D eigenvalue weighted by molar-refractivity contribution is 6.33. The number of esters is 1. The molecule has 104 valence electrons. The van der Waals surface area contributed by atoms with Crippen molar-refractivity contribution >= 4 is 34.8 Å². The van der Waals surface area contributed by atoms with Crippen LogP contribution in [0.4, 0.5) is 17.2 Å². The van der Waals surface area contributed by atoms with Crippen molar-refractivity contribution in [1.82, 2.24) is 4.98 Å². The number of nitrogen functional groups attached to an aromatic ring is 1. The number of nitrogens with one attached hydrogen (secondary N) is 1. The summed E-state index contributed by atoms with van der Waals surface area (Å²) in [5.41, 5.74) is 7.97. The Balaban J connectivity index is 2.29. The maximum Gasteiger partial charge on any atom is 0.339 e. The van der Waals surface area contributed by atoms with Crippen LogP contribution in [0, 0.1) is 6.92 Å². The molecule has 0 unspecified atom stereocenters. The predicted molar refractivity (Wildman–Crippen MR) is 79.5 cm³/mol. The van der Waals surface area contributed by atoms with Gasteiger partial charge < -0.3 is 15.8 Å². The van der Waals surface area contributed by atoms with E-state index in [1.165, 1.54) is 7.11 Å². The zero-order valence-electron chi connectivity index (χ0n) is 11.1. The standard InChI is InChI=1S/C14H14ClN3O2/c1-8-10(14(19)20-2)4-6-13(17-8)18-12-7-9(16)3-5-11(12)15/h3-7H,16H2,1-2H3,(H,17,18). The van der Waals surface area contributed by atoms with Crippen LogP contribution in [0.2, 0.25) is 5.02 Å². The number of pyridine rings is 1. The Morgan fingerprint density at radius 1 is 1.35 bits per heavy atom. The van der Waals surface area contributed by atoms with Gasteiger partial charge in [-0.15, -0.1) is 0 Å². The summed E-state index contributed by atoms with van der Waals surface area (Å²) >= 11 is 6.07. The fourth-order valence-corrected chi connectivity index (χ4v) is 1.90. The van der Waals surface area contributed by atoms with Crippen molar-refractivity contribution in [3.63, 3.8) is 0 Å². The molecule has 0 amide bonds. The Hall–Kier alpha value is -2.27. The van der Waals surface area contributed by atoms with Crippen LogP contribution >= 0.6 is 11.6 Å². The average molecular weight is 292 g/mol. The van der Waals surface area contributed by atoms with Crippen molar-refractivity contribution in [2.24, 2.45) is 0 Å². The van der Waals surface area contributed by atoms with E-state index in [1.54, 1.807) is 37.3 Å². The van der Waals surface area contributed by atoms with Crippen molar-refractivity contribution in [3.05, 3.63) is 46.6 Å². The zero-order chi connectivity index (χ0) is 14.7. The molecule has 0 aliphatic carbocycles. The molecule has 0 aliphatic heterocycles. The number of hydrogen-bond acceptors (Lipinski definition) is 5. The van der Waals surface area contributed by atoms with Gasteiger partial charge >= 0.3 is 5.97 Å². The predicted octanol–water partition coefficient (Wildman–Crippen LogP) is 3.16. The fraction of sp³-hybridized carbons (Fsp3) is 0.143. The Morgan fingerprint density at radius 3 is 2.75 bits per heavy atom. The van der Waals surface area contributed by atoms with Crippen LogP contribution < -0.4 is 11.1 Å². The van der Waals surface area contributed by atoms with Gasteiger partial charge in [-0.1, -0.05) is 11.6 Å². The molecular formula is C14H14ClN3O2. The van der Waals surface area contributed by atoms with Gasteiger partial charge in [-0.3, -0.25) is 0 Å². The number of carbonyl (C=O) groups excluding carboxylic acids is 1. The second-order valence-electron chi connectivity index (χ2n) is 4.19. The van der Waals surface area contributed by atoms with Crippen LogP contribution in [0.15, 0.2) is 30.3 Å². The third kappa shape index (κ3) is 3.00. The monoisotopic (exact) mass is 291 g/mol. The van der Waals surface area contributed by atoms with Crippen LogP contribution in [-0.4, -0.2) is 18.1 Å². The largest absolute Gasteiger partial charge is 0.465 e. The lowest BCUT2D eigenvalue weighted by atomic mass is 10.2. The van der Waals surface area contributed by atoms with Gasteiger partial charge in [-0.2, -0.15) is 0 Å². The Kier molecular flexibility index (Phi) is 4.10. The van der Waals surface area contributed by atoms with Crippen molar-refractivity contribution in [2.45, 2.75) is 6.92 Å². The molecular weight excluding hydrogens is 278 g/mol. The van der Waals surface area contributed by atoms with E-state index in [1.807, 2.05) is 0 Å². The smallest absolute Gasteiger partial charge is 0.339 e. The number of carbonyl (C=O) groups is 1. The summed E-state index contributed by atoms with van der Waals surface area (Å²) in [4.78, 5) is 15.8. The number of aromatic nitrogens is 1. The number of hydrogen-bond donors (Lipinski definition) is 2. The lowest BCUT2D eigenvalue weighted by Gasteiger charge is -2.10. The molecule has 0 radical (unpaired) electrons. The maximum atomic E-state index is 11.5. The lowest BCUT2D eigenvalue weighted by molar-refractivity contribution is 0.0599. The minimum absolute atomic E-state index is 0.413. The number of methoxy groups -OCH3 is 1. The van der Waals surface area contributed by atoms with Gasteiger partial charge in [-0.25, -0.2) is 9.78 Å². The Bertz CT molecular complexity index is 659. The third-order valence-electron chi connectivity index (χ3n) is 2.74. The molecule has 0 aliphatic rings. The molecule has 0 bridgehead atoms. The molecule has 6 heteroatoms. The fourth-order valence-electron chi connectivity index (χ4n) is 1.73. The van der Waals surface area contributed by atoms with E-state index in [0.29, 0.717) is 33.5 Å². The molecule has 0 spiro atoms. The number of anilines is 3. The summed E-state index contributed by atoms with van der Waals surface area (Å²) < 4.78 is 4.67. The average Bonchev–Trinajstić information content (AvgIpc) is 2.42. The second kappa shape index (κ2) is 5.79. The Labute approximate surface area is 121 Å². The molecule has 0 fully saturated rings. The third-order valence-corrected chi connectivity index (χ3v) is 3.07. The van der Waals surface area contributed by atoms with Crippen molar-refractivity contribution < 1.29 is 9.53 Å². The van der Waals surface area contributed by atoms with Crippen LogP contribution in [0.3, 0.4) is 0 Å². The molecule has 2 aromatic rings. The number of ether oxygens (including phenoxy) is 1. The van der Waals surface area contributed by atoms with Crippen LogP contribution in [0.5, 0.6) is 0 Å². The van der Waals surface area contributed by atoms with Crippen LogP contribution in [0.1, 0.15) is 16.1 Å². The summed E-state index contributed by atoms with van der Waals surface area (Å²) in [7, 11) is 1.33. The second-order valence-corrected chi connectivity index (χ2v) is 4.59. The van der Waals surface area contributed by atoms with E-state index in [0.717, 1.165) is 0 Å². The van der Waals surface area contributed by atoms with E-state index < -0.39 is 5.97 Å². The highest BCUT2D eigenvalue weighted by Crippen LogP contribution is 2.27. The van der Waals surface area contributed by atoms with Crippen molar-refractivity contribution in [1.29, 1.82) is 0 Å². The number of benzene rings is 1. The van der Waals surface area contributed by atoms with E-state index >= 15 is 0 Å². The molecule has 5 nitrogen and oxygen atoms in total. The lowest BCUT2D eigenvalue weighted by Crippen LogP contribution is -2.06. The molecule has 1 heterocycles. The number of nitrogens with two attached hydrogens (primary N) is 1. The number of aryl methyl sites for hydroxylation is 1. The first-order chi connectivity index (χ1) is 9.51. The van der Waals surface area contributed by atoms with E-state index in [4.69, 9.17) is 17.3 Å². The van der Waals surface area contributed by atoms with Gasteiger partial charge in [0.15, 0.2) is 0 Å². The zero-order valence-corrected chi connectivity index (χ0v) is 11.9. The molecule has 2 rings (SSSR count). The van der Waals surface area contributed by atoms with Gasteiger partial charge in [-0.05, 0) is 37.3 Å². The summed E-state index contributed by atoms with van der Waals surface area (Å²) in [6.45, 7) is 1.73. The summed E-state index contributed by atoms with van der Waals surface area (Å²) in [6.07, 6.45) is 0. The van der Waals surface area contributed by atoms with Crippen molar-refractivity contribution in [3.8, 4) is 0 Å². The van der Waals surface area contributed by atoms with E-state index in [2.05, 4.69) is 15.0 Å². The number of halogens is 1. The van der Waals surface area contributed by atoms with Gasteiger partial charge in [0.2, 0.25) is 0 Å². The number of nitrogens with zero attached hydrogens (tertiary/aromatic N) is 1. The van der Waals surface area contributed by atoms with Gasteiger partial charge in [0.25, 0.3) is 0 Å². The highest BCUT2D eigenvalue weighted by atomic mass is 35.5. The number of rotatable bonds is 3. The summed E-state index contributed by atoms with van der Waals surface area (Å²) in [6, 6.07) is 8.46. The van der Waals surface area contributed by atoms with Gasteiger partial charge in [0.1, 0.15) is 5.82 Å². The SMILES string of the molecule is COC(=O)c1ccc(Nc2cc(N)ccc2Cl)nc1C. The first kappa shape index (κ1) is 14.1. The maximum absolute atomic E-state index is 11.5. The van der Waals surface area contributed by atoms with Crippen LogP contribution in [-0.2, 0) is 4.74 Å². The van der Waals surface area contributed by atoms with E-state index in [-0.39, 0.29) is 0 Å². The van der Waals surface area contributed by atoms with Gasteiger partial charge in [0, 0.05) is 5.69 Å². The minimum Gasteiger partial charge on any atom is -0.465 e. The molecule has 0 saturated heterocycles. The van der Waals surface area contributed by atoms with E-state index in [9.17, 15) is 4.79 Å². The topological polar surface area (TPSA) is 77.2 Å². The summed E-state index contributed by atoms with van der Waals surface area (Å²) in [5, 5.41) is 3.60. The van der Waals surface area contributed by atoms with Crippen molar-refractivity contribution in [2.75, 3.05) is 18.2 Å². The summed E-state index contributed by atoms with van der Waals surface area (Å²) in [5.74, 6) is 0.159. The minimum atomic E-state index is -0.413. The normalized spacial score (nSPS) is 10.2. The quantitative estimate of drug-likeness (QED) is 0.671. The molecule has 20 heavy (non-hydrogen) atoms. The molecule has 3 N–H and O–H groups in total. The molecule has 0 atom stereocenters.